The second-order valence-electron chi connectivity index (χ2n) is 5.81. The molecule has 2 heterocycles. The molecule has 0 aromatic carbocycles. The van der Waals surface area contributed by atoms with Crippen LogP contribution in [0.5, 0.6) is 0 Å². The second kappa shape index (κ2) is 5.33. The first-order valence-electron chi connectivity index (χ1n) is 6.92. The third kappa shape index (κ3) is 2.52. The summed E-state index contributed by atoms with van der Waals surface area (Å²) in [5.74, 6) is 1.28. The third-order valence-electron chi connectivity index (χ3n) is 3.88. The van der Waals surface area contributed by atoms with E-state index >= 15 is 0 Å². The van der Waals surface area contributed by atoms with E-state index < -0.39 is 0 Å². The maximum atomic E-state index is 12.7. The summed E-state index contributed by atoms with van der Waals surface area (Å²) in [5, 5.41) is 3.95. The molecule has 0 spiro atoms. The summed E-state index contributed by atoms with van der Waals surface area (Å²) in [6.45, 7) is 9.28. The Balaban J connectivity index is 2.27. The number of amides is 1. The van der Waals surface area contributed by atoms with Crippen LogP contribution in [0, 0.1) is 12.8 Å². The molecule has 5 nitrogen and oxygen atoms in total. The zero-order valence-corrected chi connectivity index (χ0v) is 12.1. The SMILES string of the molecule is Cc1noc(C(C)C)c1C(=O)N1CC(CN)CC1C. The Bertz CT molecular complexity index is 467. The molecule has 19 heavy (non-hydrogen) atoms. The van der Waals surface area contributed by atoms with Crippen LogP contribution < -0.4 is 5.73 Å². The summed E-state index contributed by atoms with van der Waals surface area (Å²) in [5.41, 5.74) is 7.03. The lowest BCUT2D eigenvalue weighted by Crippen LogP contribution is -2.35. The topological polar surface area (TPSA) is 72.4 Å². The lowest BCUT2D eigenvalue weighted by molar-refractivity contribution is 0.0740. The first kappa shape index (κ1) is 14.1. The minimum Gasteiger partial charge on any atom is -0.360 e. The molecule has 1 amide bonds. The first-order chi connectivity index (χ1) is 8.95. The van der Waals surface area contributed by atoms with Crippen molar-refractivity contribution in [2.45, 2.75) is 46.1 Å². The minimum atomic E-state index is 0.0332. The van der Waals surface area contributed by atoms with Crippen molar-refractivity contribution in [1.82, 2.24) is 10.1 Å². The van der Waals surface area contributed by atoms with Gasteiger partial charge in [-0.1, -0.05) is 19.0 Å². The number of hydrogen-bond acceptors (Lipinski definition) is 4. The molecule has 1 aromatic heterocycles. The van der Waals surface area contributed by atoms with Gasteiger partial charge in [0, 0.05) is 18.5 Å². The fourth-order valence-electron chi connectivity index (χ4n) is 2.78. The van der Waals surface area contributed by atoms with Crippen LogP contribution in [0.4, 0.5) is 0 Å². The molecule has 0 aliphatic carbocycles. The van der Waals surface area contributed by atoms with E-state index in [1.807, 2.05) is 25.7 Å². The van der Waals surface area contributed by atoms with Gasteiger partial charge in [-0.3, -0.25) is 4.79 Å². The number of nitrogens with two attached hydrogens (primary N) is 1. The van der Waals surface area contributed by atoms with E-state index in [1.165, 1.54) is 0 Å². The van der Waals surface area contributed by atoms with Crippen LogP contribution in [0.1, 0.15) is 54.9 Å². The van der Waals surface area contributed by atoms with Crippen molar-refractivity contribution < 1.29 is 9.32 Å². The molecule has 2 atom stereocenters. The highest BCUT2D eigenvalue weighted by molar-refractivity contribution is 5.96. The van der Waals surface area contributed by atoms with Gasteiger partial charge in [0.2, 0.25) is 0 Å². The molecule has 1 aromatic rings. The molecule has 2 N–H and O–H groups in total. The summed E-state index contributed by atoms with van der Waals surface area (Å²) in [7, 11) is 0. The van der Waals surface area contributed by atoms with Gasteiger partial charge < -0.3 is 15.2 Å². The van der Waals surface area contributed by atoms with Crippen molar-refractivity contribution in [2.24, 2.45) is 11.7 Å². The van der Waals surface area contributed by atoms with Crippen LogP contribution in [-0.4, -0.2) is 35.1 Å². The standard InChI is InChI=1S/C14H23N3O2/c1-8(2)13-12(10(4)16-19-13)14(18)17-7-11(6-15)5-9(17)3/h8-9,11H,5-7,15H2,1-4H3. The van der Waals surface area contributed by atoms with Crippen molar-refractivity contribution >= 4 is 5.91 Å². The number of nitrogens with zero attached hydrogens (tertiary/aromatic N) is 2. The van der Waals surface area contributed by atoms with Gasteiger partial charge in [-0.15, -0.1) is 0 Å². The van der Waals surface area contributed by atoms with E-state index in [0.717, 1.165) is 13.0 Å². The van der Waals surface area contributed by atoms with E-state index in [4.69, 9.17) is 10.3 Å². The summed E-state index contributed by atoms with van der Waals surface area (Å²) in [6.07, 6.45) is 0.976. The Morgan fingerprint density at radius 3 is 2.79 bits per heavy atom. The van der Waals surface area contributed by atoms with Crippen LogP contribution in [0.25, 0.3) is 0 Å². The smallest absolute Gasteiger partial charge is 0.259 e. The fourth-order valence-corrected chi connectivity index (χ4v) is 2.78. The Hall–Kier alpha value is -1.36. The van der Waals surface area contributed by atoms with E-state index in [1.54, 1.807) is 0 Å². The largest absolute Gasteiger partial charge is 0.360 e. The van der Waals surface area contributed by atoms with Crippen LogP contribution in [0.3, 0.4) is 0 Å². The van der Waals surface area contributed by atoms with Crippen LogP contribution in [0.2, 0.25) is 0 Å². The lowest BCUT2D eigenvalue weighted by atomic mass is 10.0. The Morgan fingerprint density at radius 1 is 1.58 bits per heavy atom. The number of carbonyl (C=O) groups is 1. The first-order valence-corrected chi connectivity index (χ1v) is 6.92. The van der Waals surface area contributed by atoms with Gasteiger partial charge in [0.1, 0.15) is 5.56 Å². The highest BCUT2D eigenvalue weighted by Crippen LogP contribution is 2.28. The highest BCUT2D eigenvalue weighted by atomic mass is 16.5. The predicted octanol–water partition coefficient (Wildman–Crippen LogP) is 1.92. The molecular weight excluding hydrogens is 242 g/mol. The monoisotopic (exact) mass is 265 g/mol. The third-order valence-corrected chi connectivity index (χ3v) is 3.88. The van der Waals surface area contributed by atoms with E-state index in [9.17, 15) is 4.79 Å². The molecule has 2 rings (SSSR count). The van der Waals surface area contributed by atoms with Gasteiger partial charge in [-0.2, -0.15) is 0 Å². The molecular formula is C14H23N3O2. The zero-order valence-electron chi connectivity index (χ0n) is 12.1. The van der Waals surface area contributed by atoms with Crippen molar-refractivity contribution in [3.8, 4) is 0 Å². The molecule has 1 fully saturated rings. The molecule has 106 valence electrons. The Morgan fingerprint density at radius 2 is 2.26 bits per heavy atom. The summed E-state index contributed by atoms with van der Waals surface area (Å²) in [6, 6.07) is 0.232. The fraction of sp³-hybridized carbons (Fsp3) is 0.714. The number of aryl methyl sites for hydroxylation is 1. The number of carbonyl (C=O) groups excluding carboxylic acids is 1. The average molecular weight is 265 g/mol. The normalized spacial score (nSPS) is 23.4. The highest BCUT2D eigenvalue weighted by Gasteiger charge is 2.35. The summed E-state index contributed by atoms with van der Waals surface area (Å²) >= 11 is 0. The van der Waals surface area contributed by atoms with Crippen molar-refractivity contribution in [3.63, 3.8) is 0 Å². The van der Waals surface area contributed by atoms with E-state index in [-0.39, 0.29) is 17.9 Å². The number of aromatic nitrogens is 1. The quantitative estimate of drug-likeness (QED) is 0.906. The van der Waals surface area contributed by atoms with Crippen molar-refractivity contribution in [1.29, 1.82) is 0 Å². The maximum Gasteiger partial charge on any atom is 0.259 e. The van der Waals surface area contributed by atoms with Gasteiger partial charge in [0.15, 0.2) is 5.76 Å². The molecule has 0 saturated carbocycles. The van der Waals surface area contributed by atoms with Gasteiger partial charge in [0.05, 0.1) is 5.69 Å². The average Bonchev–Trinajstić information content (AvgIpc) is 2.91. The molecule has 1 aliphatic heterocycles. The minimum absolute atomic E-state index is 0.0332. The lowest BCUT2D eigenvalue weighted by Gasteiger charge is -2.21. The van der Waals surface area contributed by atoms with Crippen LogP contribution in [0.15, 0.2) is 4.52 Å². The maximum absolute atomic E-state index is 12.7. The molecule has 1 aliphatic rings. The molecule has 1 saturated heterocycles. The molecule has 2 unspecified atom stereocenters. The number of hydrogen-bond donors (Lipinski definition) is 1. The van der Waals surface area contributed by atoms with Crippen LogP contribution in [-0.2, 0) is 0 Å². The van der Waals surface area contributed by atoms with Crippen molar-refractivity contribution in [3.05, 3.63) is 17.0 Å². The number of rotatable bonds is 3. The second-order valence-corrected chi connectivity index (χ2v) is 5.81. The van der Waals surface area contributed by atoms with E-state index in [0.29, 0.717) is 29.5 Å². The Kier molecular flexibility index (Phi) is 3.94. The Labute approximate surface area is 114 Å². The zero-order chi connectivity index (χ0) is 14.2. The molecule has 0 bridgehead atoms. The number of likely N-dealkylation sites (tertiary alicyclic amines) is 1. The van der Waals surface area contributed by atoms with Crippen LogP contribution >= 0.6 is 0 Å². The van der Waals surface area contributed by atoms with Gasteiger partial charge in [-0.05, 0) is 32.7 Å². The summed E-state index contributed by atoms with van der Waals surface area (Å²) < 4.78 is 5.30. The predicted molar refractivity (Wildman–Crippen MR) is 73.0 cm³/mol. The molecule has 5 heteroatoms. The van der Waals surface area contributed by atoms with E-state index in [2.05, 4.69) is 12.1 Å². The summed E-state index contributed by atoms with van der Waals surface area (Å²) in [4.78, 5) is 14.6. The van der Waals surface area contributed by atoms with Gasteiger partial charge >= 0.3 is 0 Å². The van der Waals surface area contributed by atoms with Crippen molar-refractivity contribution in [2.75, 3.05) is 13.1 Å². The van der Waals surface area contributed by atoms with Gasteiger partial charge in [0.25, 0.3) is 5.91 Å². The molecule has 0 radical (unpaired) electrons. The van der Waals surface area contributed by atoms with Gasteiger partial charge in [-0.25, -0.2) is 0 Å².